The van der Waals surface area contributed by atoms with Gasteiger partial charge in [0.05, 0.1) is 13.7 Å². The number of carbonyl (C=O) groups is 1. The van der Waals surface area contributed by atoms with Crippen molar-refractivity contribution in [3.8, 4) is 5.75 Å². The van der Waals surface area contributed by atoms with Gasteiger partial charge in [-0.15, -0.1) is 0 Å². The van der Waals surface area contributed by atoms with E-state index in [1.165, 1.54) is 25.4 Å². The van der Waals surface area contributed by atoms with Crippen molar-refractivity contribution >= 4 is 21.9 Å². The number of ether oxygens (including phenoxy) is 1. The Bertz CT molecular complexity index is 1070. The molecule has 0 bridgehead atoms. The smallest absolute Gasteiger partial charge is 0.281 e. The molecule has 2 heterocycles. The number of aryl methyl sites for hydroxylation is 1. The number of methoxy groups -OCH3 is 1. The molecule has 31 heavy (non-hydrogen) atoms. The van der Waals surface area contributed by atoms with Crippen LogP contribution in [0.3, 0.4) is 0 Å². The standard InChI is InChI=1S/C21H29N5O4S/c1-15-18-9-10-20(27)26(12-11-16-7-6-8-17(13-16)30-5)21(18)23-19(22-15)14-25(4)31(28,29)24(2)3/h6-8,13H,9-12,14H2,1-5H3. The largest absolute Gasteiger partial charge is 0.497 e. The van der Waals surface area contributed by atoms with Crippen molar-refractivity contribution in [3.05, 3.63) is 46.9 Å². The van der Waals surface area contributed by atoms with Crippen LogP contribution in [-0.4, -0.2) is 67.7 Å². The van der Waals surface area contributed by atoms with Gasteiger partial charge >= 0.3 is 0 Å². The predicted molar refractivity (Wildman–Crippen MR) is 118 cm³/mol. The number of rotatable bonds is 8. The first-order chi connectivity index (χ1) is 14.6. The van der Waals surface area contributed by atoms with Crippen molar-refractivity contribution in [1.82, 2.24) is 18.6 Å². The zero-order valence-electron chi connectivity index (χ0n) is 18.6. The molecule has 0 aliphatic carbocycles. The summed E-state index contributed by atoms with van der Waals surface area (Å²) in [6.07, 6.45) is 1.64. The quantitative estimate of drug-likeness (QED) is 0.609. The average molecular weight is 448 g/mol. The van der Waals surface area contributed by atoms with Crippen molar-refractivity contribution in [1.29, 1.82) is 0 Å². The highest BCUT2D eigenvalue weighted by molar-refractivity contribution is 7.86. The molecule has 0 fully saturated rings. The third-order valence-corrected chi connectivity index (χ3v) is 7.20. The molecule has 0 saturated carbocycles. The number of hydrogen-bond acceptors (Lipinski definition) is 6. The van der Waals surface area contributed by atoms with Crippen LogP contribution >= 0.6 is 0 Å². The molecule has 1 amide bonds. The second kappa shape index (κ2) is 9.29. The highest BCUT2D eigenvalue weighted by Crippen LogP contribution is 2.28. The SMILES string of the molecule is COc1cccc(CCN2C(=O)CCc3c(C)nc(CN(C)S(=O)(=O)N(C)C)nc32)c1. The van der Waals surface area contributed by atoms with Crippen molar-refractivity contribution in [3.63, 3.8) is 0 Å². The zero-order valence-corrected chi connectivity index (χ0v) is 19.4. The molecule has 0 spiro atoms. The maximum absolute atomic E-state index is 12.7. The Balaban J connectivity index is 1.87. The molecule has 1 aromatic heterocycles. The molecule has 1 aliphatic heterocycles. The normalized spacial score (nSPS) is 14.3. The van der Waals surface area contributed by atoms with E-state index >= 15 is 0 Å². The minimum absolute atomic E-state index is 0.00807. The first-order valence-electron chi connectivity index (χ1n) is 10.1. The Morgan fingerprint density at radius 2 is 1.90 bits per heavy atom. The molecule has 0 N–H and O–H groups in total. The van der Waals surface area contributed by atoms with Gasteiger partial charge in [-0.25, -0.2) is 9.97 Å². The van der Waals surface area contributed by atoms with Crippen LogP contribution in [-0.2, 0) is 34.4 Å². The van der Waals surface area contributed by atoms with E-state index in [0.29, 0.717) is 37.4 Å². The highest BCUT2D eigenvalue weighted by atomic mass is 32.2. The van der Waals surface area contributed by atoms with Crippen LogP contribution in [0.1, 0.15) is 29.1 Å². The van der Waals surface area contributed by atoms with E-state index in [1.807, 2.05) is 31.2 Å². The molecular weight excluding hydrogens is 418 g/mol. The highest BCUT2D eigenvalue weighted by Gasteiger charge is 2.29. The van der Waals surface area contributed by atoms with Gasteiger partial charge in [0, 0.05) is 45.4 Å². The second-order valence-electron chi connectivity index (χ2n) is 7.72. The van der Waals surface area contributed by atoms with Gasteiger partial charge in [0.1, 0.15) is 17.4 Å². The summed E-state index contributed by atoms with van der Waals surface area (Å²) in [6, 6.07) is 7.75. The van der Waals surface area contributed by atoms with Gasteiger partial charge in [-0.05, 0) is 37.5 Å². The lowest BCUT2D eigenvalue weighted by molar-refractivity contribution is -0.118. The van der Waals surface area contributed by atoms with E-state index in [4.69, 9.17) is 4.74 Å². The monoisotopic (exact) mass is 447 g/mol. The van der Waals surface area contributed by atoms with Gasteiger partial charge in [0.15, 0.2) is 0 Å². The molecule has 0 radical (unpaired) electrons. The lowest BCUT2D eigenvalue weighted by Crippen LogP contribution is -2.39. The molecule has 3 rings (SSSR count). The Morgan fingerprint density at radius 3 is 2.58 bits per heavy atom. The van der Waals surface area contributed by atoms with Crippen LogP contribution in [0.4, 0.5) is 5.82 Å². The molecule has 168 valence electrons. The fourth-order valence-corrected chi connectivity index (χ4v) is 4.40. The number of nitrogens with zero attached hydrogens (tertiary/aromatic N) is 5. The number of amides is 1. The number of benzene rings is 1. The molecular formula is C21H29N5O4S. The zero-order chi connectivity index (χ0) is 22.8. The summed E-state index contributed by atoms with van der Waals surface area (Å²) in [5.41, 5.74) is 2.77. The summed E-state index contributed by atoms with van der Waals surface area (Å²) in [4.78, 5) is 23.5. The van der Waals surface area contributed by atoms with Crippen LogP contribution < -0.4 is 9.64 Å². The third kappa shape index (κ3) is 5.03. The molecule has 1 aliphatic rings. The second-order valence-corrected chi connectivity index (χ2v) is 9.97. The first-order valence-corrected chi connectivity index (χ1v) is 11.5. The maximum Gasteiger partial charge on any atom is 0.281 e. The Hall–Kier alpha value is -2.56. The number of hydrogen-bond donors (Lipinski definition) is 0. The fourth-order valence-electron chi connectivity index (χ4n) is 3.57. The topological polar surface area (TPSA) is 95.9 Å². The molecule has 10 heteroatoms. The Morgan fingerprint density at radius 1 is 1.16 bits per heavy atom. The summed E-state index contributed by atoms with van der Waals surface area (Å²) < 4.78 is 32.3. The van der Waals surface area contributed by atoms with Crippen LogP contribution in [0, 0.1) is 6.92 Å². The van der Waals surface area contributed by atoms with Gasteiger partial charge in [-0.2, -0.15) is 17.0 Å². The molecule has 1 aromatic carbocycles. The molecule has 0 unspecified atom stereocenters. The van der Waals surface area contributed by atoms with E-state index < -0.39 is 10.2 Å². The summed E-state index contributed by atoms with van der Waals surface area (Å²) in [7, 11) is 2.47. The van der Waals surface area contributed by atoms with Gasteiger partial charge in [-0.1, -0.05) is 12.1 Å². The minimum atomic E-state index is -3.59. The van der Waals surface area contributed by atoms with Gasteiger partial charge < -0.3 is 4.74 Å². The number of carbonyl (C=O) groups excluding carboxylic acids is 1. The van der Waals surface area contributed by atoms with Crippen LogP contribution in [0.15, 0.2) is 24.3 Å². The number of fused-ring (bicyclic) bond motifs is 1. The average Bonchev–Trinajstić information content (AvgIpc) is 2.73. The number of aromatic nitrogens is 2. The lowest BCUT2D eigenvalue weighted by atomic mass is 10.0. The van der Waals surface area contributed by atoms with E-state index in [9.17, 15) is 13.2 Å². The van der Waals surface area contributed by atoms with Crippen LogP contribution in [0.2, 0.25) is 0 Å². The summed E-state index contributed by atoms with van der Waals surface area (Å²) in [5.74, 6) is 1.73. The lowest BCUT2D eigenvalue weighted by Gasteiger charge is -2.30. The Kier molecular flexibility index (Phi) is 6.93. The van der Waals surface area contributed by atoms with Gasteiger partial charge in [0.2, 0.25) is 5.91 Å². The third-order valence-electron chi connectivity index (χ3n) is 5.36. The summed E-state index contributed by atoms with van der Waals surface area (Å²) in [5, 5.41) is 0. The minimum Gasteiger partial charge on any atom is -0.497 e. The van der Waals surface area contributed by atoms with E-state index in [1.54, 1.807) is 12.0 Å². The Labute approximate surface area is 183 Å². The maximum atomic E-state index is 12.7. The molecule has 0 saturated heterocycles. The summed E-state index contributed by atoms with van der Waals surface area (Å²) in [6.45, 7) is 2.37. The van der Waals surface area contributed by atoms with Crippen molar-refractivity contribution in [2.75, 3.05) is 39.7 Å². The number of anilines is 1. The summed E-state index contributed by atoms with van der Waals surface area (Å²) >= 11 is 0. The van der Waals surface area contributed by atoms with Gasteiger partial charge in [-0.3, -0.25) is 9.69 Å². The first kappa shape index (κ1) is 23.1. The predicted octanol–water partition coefficient (Wildman–Crippen LogP) is 1.55. The van der Waals surface area contributed by atoms with Gasteiger partial charge in [0.25, 0.3) is 10.2 Å². The molecule has 2 aromatic rings. The van der Waals surface area contributed by atoms with E-state index in [2.05, 4.69) is 9.97 Å². The molecule has 9 nitrogen and oxygen atoms in total. The van der Waals surface area contributed by atoms with E-state index in [-0.39, 0.29) is 12.5 Å². The van der Waals surface area contributed by atoms with Crippen molar-refractivity contribution < 1.29 is 17.9 Å². The van der Waals surface area contributed by atoms with Crippen molar-refractivity contribution in [2.45, 2.75) is 32.7 Å². The molecule has 0 atom stereocenters. The van der Waals surface area contributed by atoms with E-state index in [0.717, 1.165) is 26.9 Å². The van der Waals surface area contributed by atoms with Crippen LogP contribution in [0.25, 0.3) is 0 Å². The van der Waals surface area contributed by atoms with Crippen molar-refractivity contribution in [2.24, 2.45) is 0 Å². The van der Waals surface area contributed by atoms with Crippen LogP contribution in [0.5, 0.6) is 5.75 Å². The fraction of sp³-hybridized carbons (Fsp3) is 0.476.